The molecule has 0 aliphatic heterocycles. The number of carboxylic acids is 1. The van der Waals surface area contributed by atoms with E-state index in [1.807, 2.05) is 12.1 Å². The highest BCUT2D eigenvalue weighted by atomic mass is 16.5. The lowest BCUT2D eigenvalue weighted by Crippen LogP contribution is -2.00. The number of hydrogen-bond acceptors (Lipinski definition) is 3. The zero-order valence-corrected chi connectivity index (χ0v) is 10.1. The summed E-state index contributed by atoms with van der Waals surface area (Å²) in [6, 6.07) is 5.45. The van der Waals surface area contributed by atoms with Crippen molar-refractivity contribution in [2.75, 3.05) is 13.7 Å². The van der Waals surface area contributed by atoms with E-state index in [9.17, 15) is 4.79 Å². The Hall–Kier alpha value is -2.15. The molecule has 94 valence electrons. The fourth-order valence-electron chi connectivity index (χ4n) is 1.99. The van der Waals surface area contributed by atoms with Crippen molar-refractivity contribution in [2.24, 2.45) is 5.92 Å². The number of methoxy groups -OCH3 is 1. The van der Waals surface area contributed by atoms with Crippen molar-refractivity contribution < 1.29 is 19.4 Å². The molecule has 1 fully saturated rings. The third-order valence-corrected chi connectivity index (χ3v) is 3.03. The van der Waals surface area contributed by atoms with Gasteiger partial charge in [-0.25, -0.2) is 0 Å². The Labute approximate surface area is 106 Å². The van der Waals surface area contributed by atoms with Crippen molar-refractivity contribution in [2.45, 2.75) is 12.3 Å². The third-order valence-electron chi connectivity index (χ3n) is 3.03. The molecule has 1 saturated carbocycles. The van der Waals surface area contributed by atoms with Crippen LogP contribution in [-0.4, -0.2) is 24.8 Å². The van der Waals surface area contributed by atoms with Gasteiger partial charge in [0.05, 0.1) is 13.0 Å². The number of carboxylic acid groups (broad SMARTS) is 1. The lowest BCUT2D eigenvalue weighted by molar-refractivity contribution is -0.138. The van der Waals surface area contributed by atoms with Crippen LogP contribution in [0.25, 0.3) is 0 Å². The molecule has 0 amide bonds. The normalized spacial score (nSPS) is 20.9. The van der Waals surface area contributed by atoms with Gasteiger partial charge in [-0.3, -0.25) is 4.79 Å². The molecule has 1 aromatic rings. The summed E-state index contributed by atoms with van der Waals surface area (Å²) in [5.41, 5.74) is 0.965. The lowest BCUT2D eigenvalue weighted by atomic mass is 10.1. The Balaban J connectivity index is 2.16. The molecule has 18 heavy (non-hydrogen) atoms. The summed E-state index contributed by atoms with van der Waals surface area (Å²) >= 11 is 0. The molecule has 0 heterocycles. The fourth-order valence-corrected chi connectivity index (χ4v) is 1.99. The summed E-state index contributed by atoms with van der Waals surface area (Å²) in [6.07, 6.45) is 5.81. The highest BCUT2D eigenvalue weighted by Gasteiger charge is 2.44. The zero-order valence-electron chi connectivity index (χ0n) is 10.1. The summed E-state index contributed by atoms with van der Waals surface area (Å²) in [6.45, 7) is 0.177. The number of rotatable bonds is 5. The summed E-state index contributed by atoms with van der Waals surface area (Å²) in [7, 11) is 1.55. The van der Waals surface area contributed by atoms with Gasteiger partial charge in [0.2, 0.25) is 0 Å². The maximum absolute atomic E-state index is 10.8. The second kappa shape index (κ2) is 5.01. The molecule has 2 atom stereocenters. The van der Waals surface area contributed by atoms with E-state index in [1.165, 1.54) is 0 Å². The molecule has 4 nitrogen and oxygen atoms in total. The minimum absolute atomic E-state index is 0.0816. The van der Waals surface area contributed by atoms with E-state index >= 15 is 0 Å². The van der Waals surface area contributed by atoms with Crippen LogP contribution in [0.4, 0.5) is 0 Å². The second-order valence-electron chi connectivity index (χ2n) is 4.19. The van der Waals surface area contributed by atoms with Crippen molar-refractivity contribution in [3.63, 3.8) is 0 Å². The first kappa shape index (κ1) is 12.3. The van der Waals surface area contributed by atoms with E-state index in [0.717, 1.165) is 5.56 Å². The Kier molecular flexibility index (Phi) is 3.42. The Morgan fingerprint density at radius 1 is 1.56 bits per heavy atom. The molecule has 0 spiro atoms. The molecular weight excluding hydrogens is 232 g/mol. The molecular formula is C14H14O4. The van der Waals surface area contributed by atoms with Crippen LogP contribution >= 0.6 is 0 Å². The zero-order chi connectivity index (χ0) is 13.1. The summed E-state index contributed by atoms with van der Waals surface area (Å²) in [5, 5.41) is 8.90. The predicted octanol–water partition coefficient (Wildman–Crippen LogP) is 1.90. The Morgan fingerprint density at radius 3 is 2.89 bits per heavy atom. The molecule has 0 saturated heterocycles. The Bertz CT molecular complexity index is 501. The second-order valence-corrected chi connectivity index (χ2v) is 4.19. The quantitative estimate of drug-likeness (QED) is 0.806. The van der Waals surface area contributed by atoms with Crippen LogP contribution < -0.4 is 9.47 Å². The molecule has 1 N–H and O–H groups in total. The predicted molar refractivity (Wildman–Crippen MR) is 65.8 cm³/mol. The average molecular weight is 246 g/mol. The van der Waals surface area contributed by atoms with Crippen LogP contribution in [0.2, 0.25) is 0 Å². The minimum Gasteiger partial charge on any atom is -0.493 e. The van der Waals surface area contributed by atoms with Crippen LogP contribution in [0.3, 0.4) is 0 Å². The van der Waals surface area contributed by atoms with Gasteiger partial charge in [-0.05, 0) is 30.0 Å². The first-order valence-electron chi connectivity index (χ1n) is 5.64. The lowest BCUT2D eigenvalue weighted by Gasteiger charge is -2.10. The summed E-state index contributed by atoms with van der Waals surface area (Å²) in [5.74, 6) is 2.61. The van der Waals surface area contributed by atoms with Crippen LogP contribution in [-0.2, 0) is 4.79 Å². The third kappa shape index (κ3) is 2.40. The molecule has 2 unspecified atom stereocenters. The van der Waals surface area contributed by atoms with Crippen molar-refractivity contribution in [1.82, 2.24) is 0 Å². The first-order valence-corrected chi connectivity index (χ1v) is 5.64. The maximum Gasteiger partial charge on any atom is 0.307 e. The molecule has 1 aliphatic rings. The van der Waals surface area contributed by atoms with E-state index in [2.05, 4.69) is 5.92 Å². The van der Waals surface area contributed by atoms with Gasteiger partial charge in [0.1, 0.15) is 6.61 Å². The topological polar surface area (TPSA) is 55.8 Å². The SMILES string of the molecule is C#CCOc1ccc(C2CC2C(=O)O)cc1OC. The van der Waals surface area contributed by atoms with Gasteiger partial charge in [0.15, 0.2) is 11.5 Å². The number of aliphatic carboxylic acids is 1. The van der Waals surface area contributed by atoms with E-state index in [0.29, 0.717) is 17.9 Å². The van der Waals surface area contributed by atoms with Crippen molar-refractivity contribution in [1.29, 1.82) is 0 Å². The number of carbonyl (C=O) groups is 1. The number of ether oxygens (including phenoxy) is 2. The molecule has 0 radical (unpaired) electrons. The standard InChI is InChI=1S/C14H14O4/c1-3-6-18-12-5-4-9(7-13(12)17-2)10-8-11(10)14(15)16/h1,4-5,7,10-11H,6,8H2,2H3,(H,15,16). The smallest absolute Gasteiger partial charge is 0.307 e. The van der Waals surface area contributed by atoms with Gasteiger partial charge in [0, 0.05) is 0 Å². The van der Waals surface area contributed by atoms with Crippen molar-refractivity contribution in [3.8, 4) is 23.8 Å². The van der Waals surface area contributed by atoms with E-state index in [-0.39, 0.29) is 18.4 Å². The molecule has 0 bridgehead atoms. The fraction of sp³-hybridized carbons (Fsp3) is 0.357. The van der Waals surface area contributed by atoms with Gasteiger partial charge in [0.25, 0.3) is 0 Å². The first-order chi connectivity index (χ1) is 8.67. The molecule has 4 heteroatoms. The summed E-state index contributed by atoms with van der Waals surface area (Å²) in [4.78, 5) is 10.8. The van der Waals surface area contributed by atoms with Gasteiger partial charge in [-0.1, -0.05) is 12.0 Å². The molecule has 1 aliphatic carbocycles. The highest BCUT2D eigenvalue weighted by Crippen LogP contribution is 2.49. The van der Waals surface area contributed by atoms with Crippen LogP contribution in [0.5, 0.6) is 11.5 Å². The van der Waals surface area contributed by atoms with Crippen LogP contribution in [0, 0.1) is 18.3 Å². The number of hydrogen-bond donors (Lipinski definition) is 1. The van der Waals surface area contributed by atoms with Crippen LogP contribution in [0.1, 0.15) is 17.9 Å². The summed E-state index contributed by atoms with van der Waals surface area (Å²) < 4.78 is 10.5. The average Bonchev–Trinajstić information content (AvgIpc) is 3.16. The van der Waals surface area contributed by atoms with E-state index < -0.39 is 5.97 Å². The minimum atomic E-state index is -0.744. The van der Waals surface area contributed by atoms with E-state index in [4.69, 9.17) is 21.0 Å². The van der Waals surface area contributed by atoms with E-state index in [1.54, 1.807) is 13.2 Å². The van der Waals surface area contributed by atoms with Gasteiger partial charge < -0.3 is 14.6 Å². The Morgan fingerprint density at radius 2 is 2.33 bits per heavy atom. The van der Waals surface area contributed by atoms with Crippen LogP contribution in [0.15, 0.2) is 18.2 Å². The number of benzene rings is 1. The number of terminal acetylenes is 1. The van der Waals surface area contributed by atoms with Crippen molar-refractivity contribution >= 4 is 5.97 Å². The van der Waals surface area contributed by atoms with Gasteiger partial charge in [-0.15, -0.1) is 6.42 Å². The molecule has 1 aromatic carbocycles. The van der Waals surface area contributed by atoms with Gasteiger partial charge in [-0.2, -0.15) is 0 Å². The monoisotopic (exact) mass is 246 g/mol. The highest BCUT2D eigenvalue weighted by molar-refractivity contribution is 5.75. The molecule has 2 rings (SSSR count). The largest absolute Gasteiger partial charge is 0.493 e. The van der Waals surface area contributed by atoms with Crippen molar-refractivity contribution in [3.05, 3.63) is 23.8 Å². The maximum atomic E-state index is 10.8. The van der Waals surface area contributed by atoms with Gasteiger partial charge >= 0.3 is 5.97 Å². The molecule has 0 aromatic heterocycles.